The van der Waals surface area contributed by atoms with Crippen LogP contribution in [0.25, 0.3) is 0 Å². The van der Waals surface area contributed by atoms with Crippen molar-refractivity contribution in [3.8, 4) is 11.5 Å². The summed E-state index contributed by atoms with van der Waals surface area (Å²) in [6.07, 6.45) is 2.74. The molecule has 32 heavy (non-hydrogen) atoms. The molecule has 0 saturated carbocycles. The monoisotopic (exact) mass is 499 g/mol. The molecule has 0 atom stereocenters. The van der Waals surface area contributed by atoms with Gasteiger partial charge in [-0.05, 0) is 64.0 Å². The fourth-order valence-electron chi connectivity index (χ4n) is 2.50. The van der Waals surface area contributed by atoms with Gasteiger partial charge >= 0.3 is 5.97 Å². The second-order valence-electron chi connectivity index (χ2n) is 6.23. The van der Waals surface area contributed by atoms with Gasteiger partial charge in [-0.2, -0.15) is 5.10 Å². The second-order valence-corrected chi connectivity index (χ2v) is 7.09. The standard InChI is InChI=1S/C22H18BrN3O6/c1-30-19-11-14(8-9-17(19)32-22(29)15-5-2-3-6-16(15)23)12-25-26-20(27)13-24-21(28)18-7-4-10-31-18/h2-12H,13H2,1H3,(H,24,28)(H,26,27)/b25-12-. The lowest BCUT2D eigenvalue weighted by atomic mass is 10.2. The van der Waals surface area contributed by atoms with Gasteiger partial charge in [-0.1, -0.05) is 12.1 Å². The van der Waals surface area contributed by atoms with Crippen LogP contribution in [-0.2, 0) is 4.79 Å². The van der Waals surface area contributed by atoms with Crippen molar-refractivity contribution >= 4 is 39.9 Å². The summed E-state index contributed by atoms with van der Waals surface area (Å²) in [5.41, 5.74) is 3.26. The topological polar surface area (TPSA) is 119 Å². The number of esters is 1. The molecule has 2 amide bonds. The fourth-order valence-corrected chi connectivity index (χ4v) is 2.95. The molecule has 0 saturated heterocycles. The molecule has 3 aromatic rings. The highest BCUT2D eigenvalue weighted by molar-refractivity contribution is 9.10. The van der Waals surface area contributed by atoms with Gasteiger partial charge in [0.15, 0.2) is 17.3 Å². The van der Waals surface area contributed by atoms with Gasteiger partial charge in [-0.15, -0.1) is 0 Å². The number of nitrogens with zero attached hydrogens (tertiary/aromatic N) is 1. The van der Waals surface area contributed by atoms with Crippen molar-refractivity contribution in [1.29, 1.82) is 0 Å². The third kappa shape index (κ3) is 6.05. The number of carbonyl (C=O) groups is 3. The number of hydrazone groups is 1. The SMILES string of the molecule is COc1cc(/C=N\NC(=O)CNC(=O)c2ccco2)ccc1OC(=O)c1ccccc1Br. The van der Waals surface area contributed by atoms with Gasteiger partial charge in [0.25, 0.3) is 11.8 Å². The quantitative estimate of drug-likeness (QED) is 0.212. The molecule has 1 aromatic heterocycles. The van der Waals surface area contributed by atoms with Crippen LogP contribution < -0.4 is 20.2 Å². The first-order chi connectivity index (χ1) is 15.5. The first kappa shape index (κ1) is 22.8. The van der Waals surface area contributed by atoms with E-state index in [1.807, 2.05) is 0 Å². The minimum atomic E-state index is -0.541. The zero-order valence-electron chi connectivity index (χ0n) is 16.8. The minimum absolute atomic E-state index is 0.105. The van der Waals surface area contributed by atoms with Crippen LogP contribution in [-0.4, -0.2) is 37.7 Å². The molecule has 0 aliphatic carbocycles. The number of methoxy groups -OCH3 is 1. The summed E-state index contributed by atoms with van der Waals surface area (Å²) in [6, 6.07) is 14.7. The highest BCUT2D eigenvalue weighted by Crippen LogP contribution is 2.29. The molecule has 2 aromatic carbocycles. The zero-order valence-corrected chi connectivity index (χ0v) is 18.4. The predicted molar refractivity (Wildman–Crippen MR) is 119 cm³/mol. The maximum absolute atomic E-state index is 12.4. The molecule has 0 aliphatic rings. The van der Waals surface area contributed by atoms with Crippen LogP contribution in [0.3, 0.4) is 0 Å². The van der Waals surface area contributed by atoms with Crippen molar-refractivity contribution in [1.82, 2.24) is 10.7 Å². The molecule has 164 valence electrons. The van der Waals surface area contributed by atoms with E-state index < -0.39 is 17.8 Å². The number of hydrogen-bond acceptors (Lipinski definition) is 7. The normalized spacial score (nSPS) is 10.6. The number of hydrogen-bond donors (Lipinski definition) is 2. The molecular formula is C22H18BrN3O6. The van der Waals surface area contributed by atoms with E-state index in [9.17, 15) is 14.4 Å². The lowest BCUT2D eigenvalue weighted by molar-refractivity contribution is -0.120. The Kier molecular flexibility index (Phi) is 7.76. The molecular weight excluding hydrogens is 482 g/mol. The highest BCUT2D eigenvalue weighted by atomic mass is 79.9. The largest absolute Gasteiger partial charge is 0.493 e. The van der Waals surface area contributed by atoms with Crippen molar-refractivity contribution in [2.45, 2.75) is 0 Å². The van der Waals surface area contributed by atoms with E-state index in [2.05, 4.69) is 31.8 Å². The molecule has 0 unspecified atom stereocenters. The molecule has 0 radical (unpaired) electrons. The van der Waals surface area contributed by atoms with Crippen LogP contribution >= 0.6 is 15.9 Å². The fraction of sp³-hybridized carbons (Fsp3) is 0.0909. The minimum Gasteiger partial charge on any atom is -0.493 e. The van der Waals surface area contributed by atoms with Gasteiger partial charge in [0, 0.05) is 4.47 Å². The molecule has 0 aliphatic heterocycles. The number of rotatable bonds is 8. The smallest absolute Gasteiger partial charge is 0.344 e. The summed E-state index contributed by atoms with van der Waals surface area (Å²) in [5, 5.41) is 6.24. The van der Waals surface area contributed by atoms with Crippen molar-refractivity contribution < 1.29 is 28.3 Å². The van der Waals surface area contributed by atoms with E-state index in [-0.39, 0.29) is 18.1 Å². The van der Waals surface area contributed by atoms with Gasteiger partial charge in [0.05, 0.1) is 31.7 Å². The summed E-state index contributed by atoms with van der Waals surface area (Å²) in [6.45, 7) is -0.274. The summed E-state index contributed by atoms with van der Waals surface area (Å²) < 4.78 is 16.3. The Labute approximate surface area is 191 Å². The van der Waals surface area contributed by atoms with Crippen molar-refractivity contribution in [3.63, 3.8) is 0 Å². The summed E-state index contributed by atoms with van der Waals surface area (Å²) in [5.74, 6) is -0.921. The van der Waals surface area contributed by atoms with Gasteiger partial charge in [-0.3, -0.25) is 9.59 Å². The average Bonchev–Trinajstić information content (AvgIpc) is 3.33. The number of ether oxygens (including phenoxy) is 2. The lowest BCUT2D eigenvalue weighted by Gasteiger charge is -2.10. The Morgan fingerprint density at radius 1 is 1.09 bits per heavy atom. The second kappa shape index (κ2) is 10.9. The van der Waals surface area contributed by atoms with E-state index in [4.69, 9.17) is 13.9 Å². The average molecular weight is 500 g/mol. The van der Waals surface area contributed by atoms with Crippen LogP contribution in [0.4, 0.5) is 0 Å². The number of furan rings is 1. The number of halogens is 1. The third-order valence-corrected chi connectivity index (χ3v) is 4.73. The first-order valence-corrected chi connectivity index (χ1v) is 10.1. The van der Waals surface area contributed by atoms with Gasteiger partial charge < -0.3 is 19.2 Å². The molecule has 10 heteroatoms. The number of nitrogens with one attached hydrogen (secondary N) is 2. The van der Waals surface area contributed by atoms with Gasteiger partial charge in [-0.25, -0.2) is 10.2 Å². The van der Waals surface area contributed by atoms with Crippen LogP contribution in [0.5, 0.6) is 11.5 Å². The number of carbonyl (C=O) groups excluding carboxylic acids is 3. The number of benzene rings is 2. The van der Waals surface area contributed by atoms with E-state index in [0.29, 0.717) is 21.3 Å². The van der Waals surface area contributed by atoms with Crippen LogP contribution in [0.15, 0.2) is 74.9 Å². The molecule has 0 bridgehead atoms. The molecule has 0 spiro atoms. The van der Waals surface area contributed by atoms with E-state index in [1.165, 1.54) is 25.7 Å². The molecule has 2 N–H and O–H groups in total. The predicted octanol–water partition coefficient (Wildman–Crippen LogP) is 3.15. The highest BCUT2D eigenvalue weighted by Gasteiger charge is 2.15. The Bertz CT molecular complexity index is 1140. The summed E-state index contributed by atoms with van der Waals surface area (Å²) in [7, 11) is 1.44. The van der Waals surface area contributed by atoms with Gasteiger partial charge in [0.2, 0.25) is 0 Å². The Balaban J connectivity index is 1.56. The van der Waals surface area contributed by atoms with Crippen molar-refractivity contribution in [3.05, 3.63) is 82.2 Å². The maximum Gasteiger partial charge on any atom is 0.344 e. The first-order valence-electron chi connectivity index (χ1n) is 9.26. The van der Waals surface area contributed by atoms with Crippen LogP contribution in [0.2, 0.25) is 0 Å². The number of amides is 2. The maximum atomic E-state index is 12.4. The van der Waals surface area contributed by atoms with E-state index in [1.54, 1.807) is 48.5 Å². The van der Waals surface area contributed by atoms with Crippen molar-refractivity contribution in [2.75, 3.05) is 13.7 Å². The van der Waals surface area contributed by atoms with Crippen molar-refractivity contribution in [2.24, 2.45) is 5.10 Å². The molecule has 1 heterocycles. The lowest BCUT2D eigenvalue weighted by Crippen LogP contribution is -2.34. The summed E-state index contributed by atoms with van der Waals surface area (Å²) >= 11 is 3.31. The Morgan fingerprint density at radius 3 is 2.62 bits per heavy atom. The molecule has 9 nitrogen and oxygen atoms in total. The summed E-state index contributed by atoms with van der Waals surface area (Å²) in [4.78, 5) is 35.9. The van der Waals surface area contributed by atoms with E-state index in [0.717, 1.165) is 0 Å². The van der Waals surface area contributed by atoms with Gasteiger partial charge in [0.1, 0.15) is 0 Å². The Morgan fingerprint density at radius 2 is 1.91 bits per heavy atom. The Hall–Kier alpha value is -3.92. The van der Waals surface area contributed by atoms with Crippen LogP contribution in [0.1, 0.15) is 26.5 Å². The molecule has 3 rings (SSSR count). The molecule has 0 fully saturated rings. The third-order valence-electron chi connectivity index (χ3n) is 4.04. The zero-order chi connectivity index (χ0) is 22.9. The van der Waals surface area contributed by atoms with E-state index >= 15 is 0 Å². The van der Waals surface area contributed by atoms with Crippen LogP contribution in [0, 0.1) is 0 Å².